The number of benzene rings is 2. The van der Waals surface area contributed by atoms with Crippen molar-refractivity contribution in [2.45, 2.75) is 24.3 Å². The average molecular weight is 482 g/mol. The number of amides is 1. The van der Waals surface area contributed by atoms with E-state index in [4.69, 9.17) is 23.2 Å². The Hall–Kier alpha value is -1.64. The van der Waals surface area contributed by atoms with Crippen molar-refractivity contribution in [3.8, 4) is 0 Å². The molecule has 166 valence electrons. The van der Waals surface area contributed by atoms with Crippen LogP contribution in [0.2, 0.25) is 10.0 Å². The second kappa shape index (κ2) is 9.46. The quantitative estimate of drug-likeness (QED) is 0.652. The van der Waals surface area contributed by atoms with Crippen LogP contribution in [0.15, 0.2) is 47.4 Å². The minimum Gasteiger partial charge on any atom is -0.336 e. The van der Waals surface area contributed by atoms with Gasteiger partial charge in [0, 0.05) is 50.8 Å². The summed E-state index contributed by atoms with van der Waals surface area (Å²) >= 11 is 12.2. The van der Waals surface area contributed by atoms with Crippen LogP contribution in [0.3, 0.4) is 0 Å². The fraction of sp³-hybridized carbons (Fsp3) is 0.409. The van der Waals surface area contributed by atoms with E-state index in [1.807, 2.05) is 24.3 Å². The number of sulfonamides is 1. The molecule has 0 unspecified atom stereocenters. The second-order valence-electron chi connectivity index (χ2n) is 7.95. The van der Waals surface area contributed by atoms with Crippen LogP contribution in [-0.2, 0) is 16.6 Å². The average Bonchev–Trinajstić information content (AvgIpc) is 3.32. The molecule has 2 aromatic carbocycles. The monoisotopic (exact) mass is 481 g/mol. The zero-order valence-electron chi connectivity index (χ0n) is 17.1. The highest BCUT2D eigenvalue weighted by Gasteiger charge is 2.30. The molecule has 0 bridgehead atoms. The summed E-state index contributed by atoms with van der Waals surface area (Å²) in [4.78, 5) is 17.3. The summed E-state index contributed by atoms with van der Waals surface area (Å²) in [6.45, 7) is 4.42. The maximum Gasteiger partial charge on any atom is 0.255 e. The van der Waals surface area contributed by atoms with Crippen molar-refractivity contribution in [1.29, 1.82) is 0 Å². The van der Waals surface area contributed by atoms with Crippen molar-refractivity contribution in [1.82, 2.24) is 14.1 Å². The largest absolute Gasteiger partial charge is 0.336 e. The lowest BCUT2D eigenvalue weighted by atomic mass is 10.1. The summed E-state index contributed by atoms with van der Waals surface area (Å²) in [7, 11) is -3.60. The van der Waals surface area contributed by atoms with Gasteiger partial charge in [-0.05, 0) is 48.7 Å². The van der Waals surface area contributed by atoms with Gasteiger partial charge >= 0.3 is 0 Å². The first-order valence-corrected chi connectivity index (χ1v) is 12.6. The summed E-state index contributed by atoms with van der Waals surface area (Å²) in [6, 6.07) is 12.2. The molecule has 2 heterocycles. The van der Waals surface area contributed by atoms with Crippen LogP contribution in [0, 0.1) is 0 Å². The Bertz CT molecular complexity index is 1050. The van der Waals surface area contributed by atoms with Gasteiger partial charge in [-0.2, -0.15) is 4.31 Å². The summed E-state index contributed by atoms with van der Waals surface area (Å²) in [6.07, 6.45) is 1.72. The fourth-order valence-corrected chi connectivity index (χ4v) is 5.90. The number of hydrogen-bond acceptors (Lipinski definition) is 4. The number of halogens is 2. The van der Waals surface area contributed by atoms with Crippen molar-refractivity contribution in [3.05, 3.63) is 63.6 Å². The highest BCUT2D eigenvalue weighted by atomic mass is 35.5. The molecule has 0 saturated carbocycles. The SMILES string of the molecule is O=C(c1cc(S(=O)(=O)N2CCCC2)ccc1Cl)N1CCN(Cc2ccc(Cl)cc2)CC1. The van der Waals surface area contributed by atoms with Crippen LogP contribution < -0.4 is 0 Å². The molecule has 2 fully saturated rings. The minimum absolute atomic E-state index is 0.128. The van der Waals surface area contributed by atoms with E-state index in [9.17, 15) is 13.2 Å². The molecule has 2 aromatic rings. The smallest absolute Gasteiger partial charge is 0.255 e. The van der Waals surface area contributed by atoms with E-state index in [0.717, 1.165) is 32.5 Å². The molecule has 2 saturated heterocycles. The van der Waals surface area contributed by atoms with Crippen molar-refractivity contribution in [2.75, 3.05) is 39.3 Å². The van der Waals surface area contributed by atoms with Gasteiger partial charge in [0.2, 0.25) is 10.0 Å². The maximum absolute atomic E-state index is 13.1. The highest BCUT2D eigenvalue weighted by molar-refractivity contribution is 7.89. The summed E-state index contributed by atoms with van der Waals surface area (Å²) in [5.74, 6) is -0.227. The molecular weight excluding hydrogens is 457 g/mol. The van der Waals surface area contributed by atoms with Gasteiger partial charge in [0.15, 0.2) is 0 Å². The molecule has 31 heavy (non-hydrogen) atoms. The molecule has 0 N–H and O–H groups in total. The Balaban J connectivity index is 1.43. The van der Waals surface area contributed by atoms with Gasteiger partial charge in [-0.3, -0.25) is 9.69 Å². The van der Waals surface area contributed by atoms with Crippen LogP contribution >= 0.6 is 23.2 Å². The number of carbonyl (C=O) groups is 1. The third-order valence-electron chi connectivity index (χ3n) is 5.85. The second-order valence-corrected chi connectivity index (χ2v) is 10.7. The number of nitrogens with zero attached hydrogens (tertiary/aromatic N) is 3. The molecule has 2 aliphatic rings. The third kappa shape index (κ3) is 5.07. The number of hydrogen-bond donors (Lipinski definition) is 0. The topological polar surface area (TPSA) is 60.9 Å². The Morgan fingerprint density at radius 3 is 2.16 bits per heavy atom. The molecule has 0 radical (unpaired) electrons. The lowest BCUT2D eigenvalue weighted by Gasteiger charge is -2.35. The van der Waals surface area contributed by atoms with Crippen molar-refractivity contribution >= 4 is 39.1 Å². The van der Waals surface area contributed by atoms with Gasteiger partial charge in [-0.1, -0.05) is 35.3 Å². The molecule has 2 aliphatic heterocycles. The lowest BCUT2D eigenvalue weighted by molar-refractivity contribution is 0.0628. The van der Waals surface area contributed by atoms with Crippen LogP contribution in [0.25, 0.3) is 0 Å². The first-order valence-electron chi connectivity index (χ1n) is 10.4. The van der Waals surface area contributed by atoms with Crippen LogP contribution in [0.5, 0.6) is 0 Å². The molecule has 0 aliphatic carbocycles. The molecule has 6 nitrogen and oxygen atoms in total. The molecule has 4 rings (SSSR count). The van der Waals surface area contributed by atoms with E-state index in [1.165, 1.54) is 28.1 Å². The molecule has 0 atom stereocenters. The highest BCUT2D eigenvalue weighted by Crippen LogP contribution is 2.26. The Morgan fingerprint density at radius 2 is 1.52 bits per heavy atom. The maximum atomic E-state index is 13.1. The van der Waals surface area contributed by atoms with Gasteiger partial charge in [-0.25, -0.2) is 8.42 Å². The zero-order chi connectivity index (χ0) is 22.0. The number of rotatable bonds is 5. The van der Waals surface area contributed by atoms with Crippen LogP contribution in [-0.4, -0.2) is 67.7 Å². The van der Waals surface area contributed by atoms with Gasteiger partial charge in [0.1, 0.15) is 0 Å². The standard InChI is InChI=1S/C22H25Cl2N3O3S/c23-18-5-3-17(4-6-18)16-25-11-13-26(14-12-25)22(28)20-15-19(7-8-21(20)24)31(29,30)27-9-1-2-10-27/h3-8,15H,1-2,9-14,16H2. The lowest BCUT2D eigenvalue weighted by Crippen LogP contribution is -2.48. The first-order chi connectivity index (χ1) is 14.8. The number of carbonyl (C=O) groups excluding carboxylic acids is 1. The molecule has 9 heteroatoms. The summed E-state index contributed by atoms with van der Waals surface area (Å²) in [5, 5.41) is 0.985. The van der Waals surface area contributed by atoms with E-state index in [-0.39, 0.29) is 21.4 Å². The first kappa shape index (κ1) is 22.6. The molecule has 0 aromatic heterocycles. The van der Waals surface area contributed by atoms with Crippen molar-refractivity contribution in [2.24, 2.45) is 0 Å². The summed E-state index contributed by atoms with van der Waals surface area (Å²) < 4.78 is 27.2. The van der Waals surface area contributed by atoms with E-state index < -0.39 is 10.0 Å². The van der Waals surface area contributed by atoms with Crippen molar-refractivity contribution in [3.63, 3.8) is 0 Å². The fourth-order valence-electron chi connectivity index (χ4n) is 4.03. The minimum atomic E-state index is -3.60. The van der Waals surface area contributed by atoms with Gasteiger partial charge < -0.3 is 4.90 Å². The van der Waals surface area contributed by atoms with Gasteiger partial charge in [0.05, 0.1) is 15.5 Å². The van der Waals surface area contributed by atoms with Crippen LogP contribution in [0.4, 0.5) is 0 Å². The Kier molecular flexibility index (Phi) is 6.89. The zero-order valence-corrected chi connectivity index (χ0v) is 19.5. The van der Waals surface area contributed by atoms with Gasteiger partial charge in [-0.15, -0.1) is 0 Å². The summed E-state index contributed by atoms with van der Waals surface area (Å²) in [5.41, 5.74) is 1.42. The molecular formula is C22H25Cl2N3O3S. The predicted molar refractivity (Wildman–Crippen MR) is 122 cm³/mol. The predicted octanol–water partition coefficient (Wildman–Crippen LogP) is 3.74. The molecule has 1 amide bonds. The third-order valence-corrected chi connectivity index (χ3v) is 8.33. The van der Waals surface area contributed by atoms with E-state index >= 15 is 0 Å². The Labute approximate surface area is 193 Å². The van der Waals surface area contributed by atoms with E-state index in [1.54, 1.807) is 4.90 Å². The van der Waals surface area contributed by atoms with E-state index in [2.05, 4.69) is 4.90 Å². The molecule has 0 spiro atoms. The number of piperazine rings is 1. The van der Waals surface area contributed by atoms with Crippen LogP contribution in [0.1, 0.15) is 28.8 Å². The van der Waals surface area contributed by atoms with E-state index in [0.29, 0.717) is 31.2 Å². The van der Waals surface area contributed by atoms with Gasteiger partial charge in [0.25, 0.3) is 5.91 Å². The normalized spacial score (nSPS) is 18.5. The van der Waals surface area contributed by atoms with Crippen molar-refractivity contribution < 1.29 is 13.2 Å². The Morgan fingerprint density at radius 1 is 0.871 bits per heavy atom.